The molecule has 2 aromatic heterocycles. The Morgan fingerprint density at radius 3 is 2.66 bits per heavy atom. The number of nitrogens with zero attached hydrogens (tertiary/aromatic N) is 2. The van der Waals surface area contributed by atoms with Crippen molar-refractivity contribution < 1.29 is 18.7 Å². The number of thiazole rings is 1. The van der Waals surface area contributed by atoms with Crippen molar-refractivity contribution in [1.29, 1.82) is 0 Å². The predicted octanol–water partition coefficient (Wildman–Crippen LogP) is 4.54. The van der Waals surface area contributed by atoms with Crippen molar-refractivity contribution in [1.82, 2.24) is 15.2 Å². The summed E-state index contributed by atoms with van der Waals surface area (Å²) in [6, 6.07) is 11.2. The first-order valence-corrected chi connectivity index (χ1v) is 10.3. The highest BCUT2D eigenvalue weighted by Gasteiger charge is 2.21. The average molecular weight is 416 g/mol. The molecule has 1 aromatic carbocycles. The Hall–Kier alpha value is -2.87. The molecule has 1 N–H and O–H groups in total. The van der Waals surface area contributed by atoms with Crippen molar-refractivity contribution in [2.45, 2.75) is 33.3 Å². The van der Waals surface area contributed by atoms with Crippen LogP contribution in [-0.2, 0) is 4.74 Å². The van der Waals surface area contributed by atoms with E-state index < -0.39 is 11.7 Å². The summed E-state index contributed by atoms with van der Waals surface area (Å²) in [6.45, 7) is 8.46. The summed E-state index contributed by atoms with van der Waals surface area (Å²) in [5.74, 6) is 0.428. The third kappa shape index (κ3) is 5.35. The molecule has 29 heavy (non-hydrogen) atoms. The molecule has 7 nitrogen and oxygen atoms in total. The molecule has 0 radical (unpaired) electrons. The molecule has 0 bridgehead atoms. The number of likely N-dealkylation sites (N-methyl/N-ethyl adjacent to an activating group) is 1. The maximum absolute atomic E-state index is 12.4. The number of fused-ring (bicyclic) bond motifs is 1. The van der Waals surface area contributed by atoms with Gasteiger partial charge in [0.05, 0.1) is 10.2 Å². The van der Waals surface area contributed by atoms with E-state index in [2.05, 4.69) is 10.3 Å². The molecule has 0 aliphatic heterocycles. The van der Waals surface area contributed by atoms with Crippen molar-refractivity contribution in [2.75, 3.05) is 19.6 Å². The summed E-state index contributed by atoms with van der Waals surface area (Å²) in [4.78, 5) is 30.6. The first-order chi connectivity index (χ1) is 13.8. The molecular formula is C21H25N3O4S. The van der Waals surface area contributed by atoms with Crippen LogP contribution in [0, 0.1) is 0 Å². The molecule has 2 heterocycles. The predicted molar refractivity (Wildman–Crippen MR) is 113 cm³/mol. The minimum atomic E-state index is -0.557. The van der Waals surface area contributed by atoms with Gasteiger partial charge in [-0.15, -0.1) is 11.3 Å². The molecule has 2 amide bonds. The summed E-state index contributed by atoms with van der Waals surface area (Å²) < 4.78 is 12.1. The number of furan rings is 1. The topological polar surface area (TPSA) is 84.7 Å². The Bertz CT molecular complexity index is 970. The summed E-state index contributed by atoms with van der Waals surface area (Å²) in [5.41, 5.74) is 0.343. The normalized spacial score (nSPS) is 11.4. The van der Waals surface area contributed by atoms with E-state index in [1.807, 2.05) is 52.0 Å². The van der Waals surface area contributed by atoms with E-state index in [9.17, 15) is 9.59 Å². The Kier molecular flexibility index (Phi) is 6.22. The number of ether oxygens (including phenoxy) is 1. The Labute approximate surface area is 173 Å². The molecule has 0 saturated carbocycles. The van der Waals surface area contributed by atoms with Gasteiger partial charge in [0, 0.05) is 19.6 Å². The highest BCUT2D eigenvalue weighted by molar-refractivity contribution is 7.21. The largest absolute Gasteiger partial charge is 0.448 e. The van der Waals surface area contributed by atoms with Crippen molar-refractivity contribution in [3.63, 3.8) is 0 Å². The average Bonchev–Trinajstić information content (AvgIpc) is 3.30. The van der Waals surface area contributed by atoms with E-state index in [-0.39, 0.29) is 11.7 Å². The second-order valence-electron chi connectivity index (χ2n) is 7.47. The van der Waals surface area contributed by atoms with E-state index in [4.69, 9.17) is 9.15 Å². The van der Waals surface area contributed by atoms with Gasteiger partial charge in [-0.2, -0.15) is 0 Å². The minimum Gasteiger partial charge on any atom is -0.448 e. The standard InChI is InChI=1S/C21H25N3O4S/c1-5-24(20(26)28-21(2,3)4)13-12-22-18(25)15-10-11-16(27-15)19-23-14-8-6-7-9-17(14)29-19/h6-11H,5,12-13H2,1-4H3,(H,22,25). The second-order valence-corrected chi connectivity index (χ2v) is 8.50. The first kappa shape index (κ1) is 20.9. The zero-order valence-corrected chi connectivity index (χ0v) is 17.8. The smallest absolute Gasteiger partial charge is 0.410 e. The fourth-order valence-corrected chi connectivity index (χ4v) is 3.58. The molecule has 0 spiro atoms. The monoisotopic (exact) mass is 415 g/mol. The number of para-hydroxylation sites is 1. The van der Waals surface area contributed by atoms with Crippen LogP contribution in [0.1, 0.15) is 38.2 Å². The molecule has 0 fully saturated rings. The van der Waals surface area contributed by atoms with Crippen LogP contribution in [0.25, 0.3) is 21.0 Å². The van der Waals surface area contributed by atoms with Gasteiger partial charge >= 0.3 is 6.09 Å². The number of rotatable bonds is 6. The number of amides is 2. The van der Waals surface area contributed by atoms with Gasteiger partial charge < -0.3 is 19.4 Å². The molecule has 0 aliphatic rings. The molecular weight excluding hydrogens is 390 g/mol. The second kappa shape index (κ2) is 8.65. The van der Waals surface area contributed by atoms with Crippen LogP contribution < -0.4 is 5.32 Å². The van der Waals surface area contributed by atoms with Crippen LogP contribution in [0.15, 0.2) is 40.8 Å². The summed E-state index contributed by atoms with van der Waals surface area (Å²) in [5, 5.41) is 3.50. The van der Waals surface area contributed by atoms with E-state index >= 15 is 0 Å². The first-order valence-electron chi connectivity index (χ1n) is 9.48. The number of carbonyl (C=O) groups is 2. The third-order valence-corrected chi connectivity index (χ3v) is 5.09. The SMILES string of the molecule is CCN(CCNC(=O)c1ccc(-c2nc3ccccc3s2)o1)C(=O)OC(C)(C)C. The number of hydrogen-bond donors (Lipinski definition) is 1. The fourth-order valence-electron chi connectivity index (χ4n) is 2.65. The van der Waals surface area contributed by atoms with Crippen LogP contribution >= 0.6 is 11.3 Å². The van der Waals surface area contributed by atoms with Crippen molar-refractivity contribution in [3.8, 4) is 10.8 Å². The van der Waals surface area contributed by atoms with E-state index in [0.29, 0.717) is 25.4 Å². The maximum atomic E-state index is 12.4. The Morgan fingerprint density at radius 2 is 1.97 bits per heavy atom. The molecule has 8 heteroatoms. The zero-order chi connectivity index (χ0) is 21.0. The van der Waals surface area contributed by atoms with Gasteiger partial charge in [0.15, 0.2) is 16.5 Å². The van der Waals surface area contributed by atoms with Gasteiger partial charge in [-0.05, 0) is 52.0 Å². The van der Waals surface area contributed by atoms with Gasteiger partial charge in [-0.1, -0.05) is 12.1 Å². The molecule has 154 valence electrons. The number of nitrogens with one attached hydrogen (secondary N) is 1. The maximum Gasteiger partial charge on any atom is 0.410 e. The zero-order valence-electron chi connectivity index (χ0n) is 17.0. The molecule has 0 saturated heterocycles. The van der Waals surface area contributed by atoms with Crippen molar-refractivity contribution >= 4 is 33.6 Å². The van der Waals surface area contributed by atoms with E-state index in [1.165, 1.54) is 11.3 Å². The molecule has 0 unspecified atom stereocenters. The third-order valence-electron chi connectivity index (χ3n) is 4.04. The number of hydrogen-bond acceptors (Lipinski definition) is 6. The quantitative estimate of drug-likeness (QED) is 0.639. The van der Waals surface area contributed by atoms with Crippen molar-refractivity contribution in [2.24, 2.45) is 0 Å². The Balaban J connectivity index is 1.57. The van der Waals surface area contributed by atoms with Gasteiger partial charge in [0.25, 0.3) is 5.91 Å². The molecule has 0 aliphatic carbocycles. The van der Waals surface area contributed by atoms with Crippen LogP contribution in [0.2, 0.25) is 0 Å². The highest BCUT2D eigenvalue weighted by atomic mass is 32.1. The minimum absolute atomic E-state index is 0.208. The summed E-state index contributed by atoms with van der Waals surface area (Å²) in [7, 11) is 0. The van der Waals surface area contributed by atoms with Crippen LogP contribution in [0.3, 0.4) is 0 Å². The Morgan fingerprint density at radius 1 is 1.21 bits per heavy atom. The van der Waals surface area contributed by atoms with Crippen LogP contribution in [-0.4, -0.2) is 47.1 Å². The van der Waals surface area contributed by atoms with E-state index in [0.717, 1.165) is 15.2 Å². The van der Waals surface area contributed by atoms with Crippen LogP contribution in [0.5, 0.6) is 0 Å². The molecule has 3 aromatic rings. The lowest BCUT2D eigenvalue weighted by Gasteiger charge is -2.26. The summed E-state index contributed by atoms with van der Waals surface area (Å²) >= 11 is 1.51. The number of aromatic nitrogens is 1. The molecule has 0 atom stereocenters. The lowest BCUT2D eigenvalue weighted by atomic mass is 10.2. The van der Waals surface area contributed by atoms with Gasteiger partial charge in [-0.25, -0.2) is 9.78 Å². The van der Waals surface area contributed by atoms with Crippen LogP contribution in [0.4, 0.5) is 4.79 Å². The van der Waals surface area contributed by atoms with E-state index in [1.54, 1.807) is 17.0 Å². The lowest BCUT2D eigenvalue weighted by Crippen LogP contribution is -2.41. The number of benzene rings is 1. The molecule has 3 rings (SSSR count). The number of carbonyl (C=O) groups excluding carboxylic acids is 2. The fraction of sp³-hybridized carbons (Fsp3) is 0.381. The lowest BCUT2D eigenvalue weighted by molar-refractivity contribution is 0.0260. The highest BCUT2D eigenvalue weighted by Crippen LogP contribution is 2.31. The van der Waals surface area contributed by atoms with Gasteiger partial charge in [-0.3, -0.25) is 4.79 Å². The van der Waals surface area contributed by atoms with Gasteiger partial charge in [0.1, 0.15) is 5.60 Å². The van der Waals surface area contributed by atoms with Gasteiger partial charge in [0.2, 0.25) is 0 Å². The van der Waals surface area contributed by atoms with Crippen molar-refractivity contribution in [3.05, 3.63) is 42.2 Å². The summed E-state index contributed by atoms with van der Waals surface area (Å²) in [6.07, 6.45) is -0.398.